The van der Waals surface area contributed by atoms with Crippen LogP contribution >= 0.6 is 0 Å². The van der Waals surface area contributed by atoms with E-state index in [1.165, 1.54) is 7.05 Å². The maximum absolute atomic E-state index is 5.24. The molecule has 0 aliphatic heterocycles. The lowest BCUT2D eigenvalue weighted by Crippen LogP contribution is -2.32. The SMILES string of the molecule is CN.NC1(N)CC1. The van der Waals surface area contributed by atoms with E-state index in [9.17, 15) is 0 Å². The maximum atomic E-state index is 5.24. The summed E-state index contributed by atoms with van der Waals surface area (Å²) in [4.78, 5) is 0. The zero-order valence-electron chi connectivity index (χ0n) is 4.65. The molecule has 0 atom stereocenters. The molecule has 0 saturated heterocycles. The third-order valence-corrected chi connectivity index (χ3v) is 0.827. The van der Waals surface area contributed by atoms with Crippen LogP contribution in [0.4, 0.5) is 0 Å². The van der Waals surface area contributed by atoms with Crippen LogP contribution in [0, 0.1) is 0 Å². The van der Waals surface area contributed by atoms with E-state index < -0.39 is 0 Å². The van der Waals surface area contributed by atoms with E-state index in [1.807, 2.05) is 0 Å². The Morgan fingerprint density at radius 3 is 1.29 bits per heavy atom. The molecular formula is C4H13N3. The Balaban J connectivity index is 0.000000162. The van der Waals surface area contributed by atoms with Crippen LogP contribution < -0.4 is 17.2 Å². The minimum Gasteiger partial charge on any atom is -0.333 e. The van der Waals surface area contributed by atoms with Crippen LogP contribution in [0.1, 0.15) is 12.8 Å². The molecule has 1 fully saturated rings. The number of hydrogen-bond donors (Lipinski definition) is 3. The molecule has 0 radical (unpaired) electrons. The van der Waals surface area contributed by atoms with E-state index >= 15 is 0 Å². The number of rotatable bonds is 0. The average Bonchev–Trinajstić information content (AvgIpc) is 2.26. The van der Waals surface area contributed by atoms with Gasteiger partial charge >= 0.3 is 0 Å². The van der Waals surface area contributed by atoms with Gasteiger partial charge in [-0.25, -0.2) is 0 Å². The topological polar surface area (TPSA) is 78.1 Å². The van der Waals surface area contributed by atoms with Gasteiger partial charge in [0.25, 0.3) is 0 Å². The van der Waals surface area contributed by atoms with E-state index in [1.54, 1.807) is 0 Å². The predicted octanol–water partition coefficient (Wildman–Crippen LogP) is -1.03. The van der Waals surface area contributed by atoms with Crippen molar-refractivity contribution in [1.29, 1.82) is 0 Å². The van der Waals surface area contributed by atoms with Crippen molar-refractivity contribution in [3.8, 4) is 0 Å². The normalized spacial score (nSPS) is 22.3. The maximum Gasteiger partial charge on any atom is 0.0639 e. The van der Waals surface area contributed by atoms with Crippen molar-refractivity contribution in [3.63, 3.8) is 0 Å². The van der Waals surface area contributed by atoms with E-state index in [-0.39, 0.29) is 5.66 Å². The van der Waals surface area contributed by atoms with E-state index in [0.717, 1.165) is 12.8 Å². The lowest BCUT2D eigenvalue weighted by molar-refractivity contribution is 0.719. The molecule has 0 amide bonds. The highest BCUT2D eigenvalue weighted by Crippen LogP contribution is 2.24. The van der Waals surface area contributed by atoms with Gasteiger partial charge in [0.1, 0.15) is 0 Å². The Morgan fingerprint density at radius 1 is 1.14 bits per heavy atom. The molecule has 1 saturated carbocycles. The molecule has 6 N–H and O–H groups in total. The molecule has 0 aromatic carbocycles. The summed E-state index contributed by atoms with van der Waals surface area (Å²) < 4.78 is 0. The minimum atomic E-state index is -0.250. The molecule has 0 heterocycles. The van der Waals surface area contributed by atoms with Crippen LogP contribution in [-0.4, -0.2) is 12.7 Å². The molecule has 0 aromatic rings. The fourth-order valence-corrected chi connectivity index (χ4v) is 0.144. The van der Waals surface area contributed by atoms with Crippen molar-refractivity contribution in [2.45, 2.75) is 18.5 Å². The Labute approximate surface area is 43.9 Å². The molecule has 3 heteroatoms. The van der Waals surface area contributed by atoms with Crippen molar-refractivity contribution in [2.24, 2.45) is 17.2 Å². The average molecular weight is 103 g/mol. The van der Waals surface area contributed by atoms with E-state index in [0.29, 0.717) is 0 Å². The molecule has 7 heavy (non-hydrogen) atoms. The van der Waals surface area contributed by atoms with Crippen LogP contribution in [0.25, 0.3) is 0 Å². The fraction of sp³-hybridized carbons (Fsp3) is 1.00. The van der Waals surface area contributed by atoms with Crippen LogP contribution in [-0.2, 0) is 0 Å². The van der Waals surface area contributed by atoms with Gasteiger partial charge in [-0.15, -0.1) is 0 Å². The molecular weight excluding hydrogens is 90.1 g/mol. The molecule has 3 nitrogen and oxygen atoms in total. The summed E-state index contributed by atoms with van der Waals surface area (Å²) in [6, 6.07) is 0. The van der Waals surface area contributed by atoms with Gasteiger partial charge in [-0.3, -0.25) is 0 Å². The van der Waals surface area contributed by atoms with Gasteiger partial charge in [0, 0.05) is 0 Å². The molecule has 1 rings (SSSR count). The summed E-state index contributed by atoms with van der Waals surface area (Å²) in [6.45, 7) is 0. The van der Waals surface area contributed by atoms with E-state index in [2.05, 4.69) is 5.73 Å². The van der Waals surface area contributed by atoms with Gasteiger partial charge in [-0.1, -0.05) is 0 Å². The van der Waals surface area contributed by atoms with Gasteiger partial charge in [-0.05, 0) is 19.9 Å². The van der Waals surface area contributed by atoms with Gasteiger partial charge in [-0.2, -0.15) is 0 Å². The molecule has 44 valence electrons. The Hall–Kier alpha value is -0.120. The summed E-state index contributed by atoms with van der Waals surface area (Å²) in [6.07, 6.45) is 2.01. The van der Waals surface area contributed by atoms with E-state index in [4.69, 9.17) is 11.5 Å². The van der Waals surface area contributed by atoms with Crippen molar-refractivity contribution in [3.05, 3.63) is 0 Å². The highest BCUT2D eigenvalue weighted by molar-refractivity contribution is 4.91. The number of nitrogens with two attached hydrogens (primary N) is 3. The lowest BCUT2D eigenvalue weighted by Gasteiger charge is -1.89. The first-order valence-corrected chi connectivity index (χ1v) is 2.36. The third kappa shape index (κ3) is 3.72. The molecule has 0 spiro atoms. The summed E-state index contributed by atoms with van der Waals surface area (Å²) >= 11 is 0. The predicted molar refractivity (Wildman–Crippen MR) is 30.5 cm³/mol. The highest BCUT2D eigenvalue weighted by Gasteiger charge is 2.32. The number of hydrogen-bond acceptors (Lipinski definition) is 3. The van der Waals surface area contributed by atoms with Crippen LogP contribution in [0.5, 0.6) is 0 Å². The molecule has 0 unspecified atom stereocenters. The van der Waals surface area contributed by atoms with Crippen LogP contribution in [0.15, 0.2) is 0 Å². The molecule has 1 aliphatic carbocycles. The van der Waals surface area contributed by atoms with Crippen molar-refractivity contribution < 1.29 is 0 Å². The van der Waals surface area contributed by atoms with Crippen LogP contribution in [0.3, 0.4) is 0 Å². The lowest BCUT2D eigenvalue weighted by atomic mass is 10.6. The van der Waals surface area contributed by atoms with Crippen LogP contribution in [0.2, 0.25) is 0 Å². The third-order valence-electron chi connectivity index (χ3n) is 0.827. The second-order valence-electron chi connectivity index (χ2n) is 1.73. The molecule has 0 aromatic heterocycles. The first-order valence-electron chi connectivity index (χ1n) is 2.36. The minimum absolute atomic E-state index is 0.250. The largest absolute Gasteiger partial charge is 0.333 e. The first kappa shape index (κ1) is 6.88. The summed E-state index contributed by atoms with van der Waals surface area (Å²) in [5.41, 5.74) is 14.7. The second-order valence-corrected chi connectivity index (χ2v) is 1.73. The highest BCUT2D eigenvalue weighted by atomic mass is 15.0. The van der Waals surface area contributed by atoms with Gasteiger partial charge in [0.05, 0.1) is 5.66 Å². The Kier molecular flexibility index (Phi) is 2.22. The molecule has 0 bridgehead atoms. The monoisotopic (exact) mass is 103 g/mol. The fourth-order valence-electron chi connectivity index (χ4n) is 0.144. The molecule has 1 aliphatic rings. The summed E-state index contributed by atoms with van der Waals surface area (Å²) in [5.74, 6) is 0. The zero-order valence-corrected chi connectivity index (χ0v) is 4.65. The Bertz CT molecular complexity index is 44.9. The summed E-state index contributed by atoms with van der Waals surface area (Å²) in [7, 11) is 1.50. The van der Waals surface area contributed by atoms with Gasteiger partial charge in [0.15, 0.2) is 0 Å². The smallest absolute Gasteiger partial charge is 0.0639 e. The standard InChI is InChI=1S/C3H8N2.CH5N/c4-3(5)1-2-3;1-2/h1-2,4-5H2;2H2,1H3. The van der Waals surface area contributed by atoms with Crippen molar-refractivity contribution in [1.82, 2.24) is 0 Å². The second kappa shape index (κ2) is 2.26. The van der Waals surface area contributed by atoms with Gasteiger partial charge < -0.3 is 17.2 Å². The van der Waals surface area contributed by atoms with Crippen molar-refractivity contribution >= 4 is 0 Å². The first-order chi connectivity index (χ1) is 3.21. The van der Waals surface area contributed by atoms with Gasteiger partial charge in [0.2, 0.25) is 0 Å². The van der Waals surface area contributed by atoms with Crippen molar-refractivity contribution in [2.75, 3.05) is 7.05 Å². The summed E-state index contributed by atoms with van der Waals surface area (Å²) in [5, 5.41) is 0. The Morgan fingerprint density at radius 2 is 1.29 bits per heavy atom. The quantitative estimate of drug-likeness (QED) is 0.343. The zero-order chi connectivity index (χ0) is 5.91.